The summed E-state index contributed by atoms with van der Waals surface area (Å²) in [4.78, 5) is 2.41. The van der Waals surface area contributed by atoms with Gasteiger partial charge in [0.1, 0.15) is 11.3 Å². The van der Waals surface area contributed by atoms with Gasteiger partial charge in [-0.1, -0.05) is 44.4 Å². The van der Waals surface area contributed by atoms with Crippen molar-refractivity contribution in [2.75, 3.05) is 13.1 Å². The fourth-order valence-corrected chi connectivity index (χ4v) is 2.91. The summed E-state index contributed by atoms with van der Waals surface area (Å²) in [5.41, 5.74) is 0.974. The van der Waals surface area contributed by atoms with Gasteiger partial charge in [0.25, 0.3) is 0 Å². The molecule has 2 rings (SSSR count). The Balaban J connectivity index is 2.15. The molecule has 1 heterocycles. The van der Waals surface area contributed by atoms with Gasteiger partial charge >= 0.3 is 0 Å². The molecule has 0 amide bonds. The molecule has 2 nitrogen and oxygen atoms in total. The molecule has 0 saturated heterocycles. The van der Waals surface area contributed by atoms with Crippen LogP contribution in [-0.4, -0.2) is 24.0 Å². The Hall–Kier alpha value is -1.72. The highest BCUT2D eigenvalue weighted by Gasteiger charge is 2.18. The molecule has 0 N–H and O–H groups in total. The zero-order valence-electron chi connectivity index (χ0n) is 13.1. The molecule has 0 saturated carbocycles. The van der Waals surface area contributed by atoms with Gasteiger partial charge in [-0.25, -0.2) is 0 Å². The normalized spacial score (nSPS) is 12.7. The zero-order valence-corrected chi connectivity index (χ0v) is 13.1. The van der Waals surface area contributed by atoms with Crippen molar-refractivity contribution in [3.63, 3.8) is 0 Å². The molecule has 0 aliphatic heterocycles. The van der Waals surface area contributed by atoms with E-state index in [1.165, 1.54) is 5.39 Å². The van der Waals surface area contributed by atoms with E-state index in [-0.39, 0.29) is 0 Å². The minimum atomic E-state index is 0.464. The minimum Gasteiger partial charge on any atom is -0.461 e. The molecule has 0 spiro atoms. The van der Waals surface area contributed by atoms with E-state index in [2.05, 4.69) is 36.8 Å². The number of fused-ring (bicyclic) bond motifs is 1. The van der Waals surface area contributed by atoms with Crippen molar-refractivity contribution in [3.05, 3.63) is 36.1 Å². The van der Waals surface area contributed by atoms with Gasteiger partial charge in [-0.15, -0.1) is 6.42 Å². The third-order valence-electron chi connectivity index (χ3n) is 3.86. The summed E-state index contributed by atoms with van der Waals surface area (Å²) in [7, 11) is 0. The molecule has 0 bridgehead atoms. The van der Waals surface area contributed by atoms with Crippen molar-refractivity contribution in [2.45, 2.75) is 45.6 Å². The molecule has 1 atom stereocenters. The number of benzene rings is 1. The highest BCUT2D eigenvalue weighted by atomic mass is 16.3. The van der Waals surface area contributed by atoms with Gasteiger partial charge in [0, 0.05) is 17.8 Å². The fourth-order valence-electron chi connectivity index (χ4n) is 2.91. The van der Waals surface area contributed by atoms with Crippen LogP contribution in [0.25, 0.3) is 11.0 Å². The van der Waals surface area contributed by atoms with Crippen LogP contribution in [0.2, 0.25) is 0 Å². The maximum Gasteiger partial charge on any atom is 0.134 e. The number of para-hydroxylation sites is 1. The largest absolute Gasteiger partial charge is 0.461 e. The number of hydrogen-bond donors (Lipinski definition) is 0. The number of furan rings is 1. The van der Waals surface area contributed by atoms with E-state index in [4.69, 9.17) is 10.8 Å². The highest BCUT2D eigenvalue weighted by molar-refractivity contribution is 5.77. The maximum absolute atomic E-state index is 5.97. The van der Waals surface area contributed by atoms with Crippen LogP contribution in [0.1, 0.15) is 38.9 Å². The first-order chi connectivity index (χ1) is 10.3. The summed E-state index contributed by atoms with van der Waals surface area (Å²) in [6.07, 6.45) is 9.91. The molecule has 0 fully saturated rings. The molecular formula is C19H25NO. The molecule has 1 unspecified atom stereocenters. The summed E-state index contributed by atoms with van der Waals surface area (Å²) in [6, 6.07) is 10.8. The Bertz CT molecular complexity index is 560. The van der Waals surface area contributed by atoms with Gasteiger partial charge in [-0.2, -0.15) is 0 Å². The van der Waals surface area contributed by atoms with Crippen LogP contribution in [0, 0.1) is 12.3 Å². The van der Waals surface area contributed by atoms with Crippen LogP contribution in [0.4, 0.5) is 0 Å². The molecule has 2 aromatic rings. The molecule has 0 aliphatic carbocycles. The summed E-state index contributed by atoms with van der Waals surface area (Å²) >= 11 is 0. The van der Waals surface area contributed by atoms with Gasteiger partial charge in [0.05, 0.1) is 6.54 Å². The Morgan fingerprint density at radius 2 is 2.05 bits per heavy atom. The topological polar surface area (TPSA) is 16.4 Å². The van der Waals surface area contributed by atoms with E-state index < -0.39 is 0 Å². The Morgan fingerprint density at radius 3 is 2.71 bits per heavy atom. The van der Waals surface area contributed by atoms with E-state index in [1.807, 2.05) is 18.2 Å². The molecular weight excluding hydrogens is 258 g/mol. The lowest BCUT2D eigenvalue weighted by Crippen LogP contribution is -2.37. The van der Waals surface area contributed by atoms with E-state index in [9.17, 15) is 0 Å². The average Bonchev–Trinajstić information content (AvgIpc) is 2.89. The van der Waals surface area contributed by atoms with Crippen molar-refractivity contribution in [2.24, 2.45) is 0 Å². The molecule has 2 heteroatoms. The molecule has 0 aliphatic rings. The summed E-state index contributed by atoms with van der Waals surface area (Å²) in [5, 5.41) is 1.18. The number of terminal acetylenes is 1. The highest BCUT2D eigenvalue weighted by Crippen LogP contribution is 2.22. The second-order valence-electron chi connectivity index (χ2n) is 5.57. The summed E-state index contributed by atoms with van der Waals surface area (Å²) in [5.74, 6) is 3.86. The Kier molecular flexibility index (Phi) is 5.90. The van der Waals surface area contributed by atoms with Crippen LogP contribution in [0.15, 0.2) is 34.7 Å². The van der Waals surface area contributed by atoms with Gasteiger partial charge in [-0.05, 0) is 31.5 Å². The fraction of sp³-hybridized carbons (Fsp3) is 0.474. The van der Waals surface area contributed by atoms with E-state index >= 15 is 0 Å². The molecule has 1 aromatic heterocycles. The summed E-state index contributed by atoms with van der Waals surface area (Å²) < 4.78 is 5.97. The summed E-state index contributed by atoms with van der Waals surface area (Å²) in [6.45, 7) is 6.20. The van der Waals surface area contributed by atoms with Crippen LogP contribution < -0.4 is 0 Å². The monoisotopic (exact) mass is 283 g/mol. The van der Waals surface area contributed by atoms with Gasteiger partial charge in [0.2, 0.25) is 0 Å². The van der Waals surface area contributed by atoms with Crippen LogP contribution in [0.3, 0.4) is 0 Å². The van der Waals surface area contributed by atoms with Crippen molar-refractivity contribution in [1.29, 1.82) is 0 Å². The van der Waals surface area contributed by atoms with E-state index in [0.717, 1.165) is 50.1 Å². The van der Waals surface area contributed by atoms with Crippen LogP contribution in [-0.2, 0) is 6.42 Å². The second kappa shape index (κ2) is 7.90. The average molecular weight is 283 g/mol. The first kappa shape index (κ1) is 15.7. The minimum absolute atomic E-state index is 0.464. The molecule has 0 radical (unpaired) electrons. The lowest BCUT2D eigenvalue weighted by molar-refractivity contribution is 0.200. The third-order valence-corrected chi connectivity index (χ3v) is 3.86. The molecule has 21 heavy (non-hydrogen) atoms. The smallest absolute Gasteiger partial charge is 0.134 e. The first-order valence-corrected chi connectivity index (χ1v) is 7.93. The maximum atomic E-state index is 5.97. The predicted octanol–water partition coefficient (Wildman–Crippen LogP) is 4.49. The third kappa shape index (κ3) is 4.12. The lowest BCUT2D eigenvalue weighted by atomic mass is 10.0. The first-order valence-electron chi connectivity index (χ1n) is 7.93. The van der Waals surface area contributed by atoms with Crippen molar-refractivity contribution < 1.29 is 4.42 Å². The van der Waals surface area contributed by atoms with E-state index in [1.54, 1.807) is 0 Å². The standard InChI is InChI=1S/C19H25NO/c1-4-9-17(20(12-5-2)13-6-3)15-18-14-16-10-7-8-11-19(16)21-18/h2,7-8,10-11,14,17H,4,6,9,12-13,15H2,1,3H3. The van der Waals surface area contributed by atoms with Gasteiger partial charge in [0.15, 0.2) is 0 Å². The lowest BCUT2D eigenvalue weighted by Gasteiger charge is -2.29. The van der Waals surface area contributed by atoms with Gasteiger partial charge < -0.3 is 4.42 Å². The van der Waals surface area contributed by atoms with Crippen molar-refractivity contribution >= 4 is 11.0 Å². The number of nitrogens with zero attached hydrogens (tertiary/aromatic N) is 1. The molecule has 1 aromatic carbocycles. The quantitative estimate of drug-likeness (QED) is 0.664. The molecule has 112 valence electrons. The second-order valence-corrected chi connectivity index (χ2v) is 5.57. The van der Waals surface area contributed by atoms with Crippen LogP contribution >= 0.6 is 0 Å². The van der Waals surface area contributed by atoms with E-state index in [0.29, 0.717) is 6.04 Å². The SMILES string of the molecule is C#CCN(CCC)C(CCC)Cc1cc2ccccc2o1. The Labute approximate surface area is 128 Å². The van der Waals surface area contributed by atoms with Crippen LogP contribution in [0.5, 0.6) is 0 Å². The predicted molar refractivity (Wildman–Crippen MR) is 89.3 cm³/mol. The number of rotatable bonds is 8. The Morgan fingerprint density at radius 1 is 1.24 bits per heavy atom. The van der Waals surface area contributed by atoms with Crippen molar-refractivity contribution in [1.82, 2.24) is 4.90 Å². The van der Waals surface area contributed by atoms with Crippen molar-refractivity contribution in [3.8, 4) is 12.3 Å². The zero-order chi connectivity index (χ0) is 15.1. The number of hydrogen-bond acceptors (Lipinski definition) is 2. The van der Waals surface area contributed by atoms with Gasteiger partial charge in [-0.3, -0.25) is 4.90 Å².